The maximum Gasteiger partial charge on any atom is 0.357 e. The van der Waals surface area contributed by atoms with E-state index >= 15 is 0 Å². The molecule has 26 heavy (non-hydrogen) atoms. The third-order valence-corrected chi connectivity index (χ3v) is 4.52. The van der Waals surface area contributed by atoms with Crippen molar-refractivity contribution in [3.8, 4) is 0 Å². The summed E-state index contributed by atoms with van der Waals surface area (Å²) < 4.78 is 18.1. The number of rotatable bonds is 6. The number of esters is 1. The molecule has 0 saturated heterocycles. The Hall–Kier alpha value is -2.19. The number of hydrogen-bond acceptors (Lipinski definition) is 5. The largest absolute Gasteiger partial charge is 0.461 e. The molecule has 0 spiro atoms. The van der Waals surface area contributed by atoms with Gasteiger partial charge in [-0.25, -0.2) is 19.0 Å². The molecule has 0 aliphatic heterocycles. The van der Waals surface area contributed by atoms with Gasteiger partial charge in [-0.1, -0.05) is 11.6 Å². The molecule has 1 heterocycles. The van der Waals surface area contributed by atoms with Gasteiger partial charge in [0.05, 0.1) is 18.2 Å². The van der Waals surface area contributed by atoms with E-state index in [2.05, 4.69) is 10.3 Å². The molecule has 1 aromatic heterocycles. The first-order valence-electron chi connectivity index (χ1n) is 7.96. The van der Waals surface area contributed by atoms with Crippen LogP contribution < -0.4 is 5.32 Å². The van der Waals surface area contributed by atoms with Crippen LogP contribution in [0.25, 0.3) is 0 Å². The first-order valence-corrected chi connectivity index (χ1v) is 9.21. The number of hydrogen-bond donors (Lipinski definition) is 1. The Kier molecular flexibility index (Phi) is 6.93. The van der Waals surface area contributed by atoms with Crippen LogP contribution in [-0.4, -0.2) is 34.5 Å². The van der Waals surface area contributed by atoms with Crippen molar-refractivity contribution >= 4 is 40.6 Å². The fourth-order valence-corrected chi connectivity index (χ4v) is 3.03. The number of carbonyl (C=O) groups is 2. The van der Waals surface area contributed by atoms with Gasteiger partial charge in [0.25, 0.3) is 0 Å². The summed E-state index contributed by atoms with van der Waals surface area (Å²) in [6, 6.07) is 3.45. The van der Waals surface area contributed by atoms with Gasteiger partial charge in [-0.15, -0.1) is 11.3 Å². The summed E-state index contributed by atoms with van der Waals surface area (Å²) in [4.78, 5) is 30.0. The number of ether oxygens (including phenoxy) is 1. The summed E-state index contributed by atoms with van der Waals surface area (Å²) in [6.45, 7) is 5.93. The highest BCUT2D eigenvalue weighted by molar-refractivity contribution is 7.09. The smallest absolute Gasteiger partial charge is 0.357 e. The first-order chi connectivity index (χ1) is 12.3. The monoisotopic (exact) mass is 399 g/mol. The standard InChI is InChI=1S/C17H19ClFN3O3S/c1-4-25-16(23)14-9-26-15(21-14)8-22(10(2)3)17(24)20-11-5-6-13(19)12(18)7-11/h5-7,9-10H,4,8H2,1-3H3,(H,20,24). The van der Waals surface area contributed by atoms with Gasteiger partial charge in [0, 0.05) is 17.1 Å². The van der Waals surface area contributed by atoms with Gasteiger partial charge in [0.15, 0.2) is 5.69 Å². The van der Waals surface area contributed by atoms with Gasteiger partial charge in [-0.2, -0.15) is 0 Å². The van der Waals surface area contributed by atoms with E-state index in [0.29, 0.717) is 10.7 Å². The van der Waals surface area contributed by atoms with Gasteiger partial charge >= 0.3 is 12.0 Å². The zero-order chi connectivity index (χ0) is 19.3. The molecule has 0 aliphatic carbocycles. The van der Waals surface area contributed by atoms with E-state index in [1.807, 2.05) is 13.8 Å². The highest BCUT2D eigenvalue weighted by Crippen LogP contribution is 2.21. The van der Waals surface area contributed by atoms with E-state index < -0.39 is 11.8 Å². The summed E-state index contributed by atoms with van der Waals surface area (Å²) in [7, 11) is 0. The van der Waals surface area contributed by atoms with Crippen LogP contribution in [0.1, 0.15) is 36.3 Å². The molecule has 2 rings (SSSR count). The molecule has 1 aromatic carbocycles. The van der Waals surface area contributed by atoms with E-state index in [1.54, 1.807) is 17.2 Å². The van der Waals surface area contributed by atoms with E-state index in [1.165, 1.54) is 29.5 Å². The van der Waals surface area contributed by atoms with Gasteiger partial charge in [0.1, 0.15) is 10.8 Å². The third-order valence-electron chi connectivity index (χ3n) is 3.40. The number of amides is 2. The minimum absolute atomic E-state index is 0.0714. The Labute approximate surface area is 159 Å². The lowest BCUT2D eigenvalue weighted by atomic mass is 10.3. The number of nitrogens with one attached hydrogen (secondary N) is 1. The van der Waals surface area contributed by atoms with Crippen LogP contribution in [0.15, 0.2) is 23.6 Å². The molecule has 0 unspecified atom stereocenters. The van der Waals surface area contributed by atoms with Gasteiger partial charge in [-0.05, 0) is 39.0 Å². The molecule has 1 N–H and O–H groups in total. The van der Waals surface area contributed by atoms with Crippen LogP contribution in [0, 0.1) is 5.82 Å². The highest BCUT2D eigenvalue weighted by Gasteiger charge is 2.20. The van der Waals surface area contributed by atoms with Gasteiger partial charge in [-0.3, -0.25) is 0 Å². The van der Waals surface area contributed by atoms with E-state index in [4.69, 9.17) is 16.3 Å². The van der Waals surface area contributed by atoms with Crippen LogP contribution >= 0.6 is 22.9 Å². The second kappa shape index (κ2) is 8.95. The molecule has 140 valence electrons. The highest BCUT2D eigenvalue weighted by atomic mass is 35.5. The molecule has 0 radical (unpaired) electrons. The summed E-state index contributed by atoms with van der Waals surface area (Å²) >= 11 is 7.01. The maximum absolute atomic E-state index is 13.2. The van der Waals surface area contributed by atoms with Crippen LogP contribution in [0.3, 0.4) is 0 Å². The molecular weight excluding hydrogens is 381 g/mol. The minimum Gasteiger partial charge on any atom is -0.461 e. The minimum atomic E-state index is -0.556. The lowest BCUT2D eigenvalue weighted by Crippen LogP contribution is -2.39. The molecule has 0 atom stereocenters. The summed E-state index contributed by atoms with van der Waals surface area (Å²) in [5, 5.41) is 4.82. The molecule has 0 bridgehead atoms. The zero-order valence-corrected chi connectivity index (χ0v) is 16.2. The lowest BCUT2D eigenvalue weighted by Gasteiger charge is -2.26. The lowest BCUT2D eigenvalue weighted by molar-refractivity contribution is 0.0520. The van der Waals surface area contributed by atoms with Crippen molar-refractivity contribution in [2.45, 2.75) is 33.4 Å². The van der Waals surface area contributed by atoms with Crippen molar-refractivity contribution in [3.05, 3.63) is 45.1 Å². The molecule has 0 aliphatic rings. The van der Waals surface area contributed by atoms with Crippen LogP contribution in [0.2, 0.25) is 5.02 Å². The second-order valence-corrected chi connectivity index (χ2v) is 6.98. The Morgan fingerprint density at radius 1 is 1.42 bits per heavy atom. The zero-order valence-electron chi connectivity index (χ0n) is 14.6. The van der Waals surface area contributed by atoms with Crippen molar-refractivity contribution in [2.24, 2.45) is 0 Å². The van der Waals surface area contributed by atoms with Crippen LogP contribution in [0.4, 0.5) is 14.9 Å². The van der Waals surface area contributed by atoms with Crippen molar-refractivity contribution < 1.29 is 18.7 Å². The summed E-state index contributed by atoms with van der Waals surface area (Å²) in [5.41, 5.74) is 0.611. The van der Waals surface area contributed by atoms with Crippen molar-refractivity contribution in [3.63, 3.8) is 0 Å². The Bertz CT molecular complexity index is 797. The molecule has 9 heteroatoms. The second-order valence-electron chi connectivity index (χ2n) is 5.63. The van der Waals surface area contributed by atoms with E-state index in [9.17, 15) is 14.0 Å². The predicted octanol–water partition coefficient (Wildman–Crippen LogP) is 4.55. The third kappa shape index (κ3) is 5.15. The SMILES string of the molecule is CCOC(=O)c1csc(CN(C(=O)Nc2ccc(F)c(Cl)c2)C(C)C)n1. The topological polar surface area (TPSA) is 71.5 Å². The number of anilines is 1. The molecule has 0 saturated carbocycles. The van der Waals surface area contributed by atoms with Crippen molar-refractivity contribution in [1.82, 2.24) is 9.88 Å². The maximum atomic E-state index is 13.2. The average molecular weight is 400 g/mol. The predicted molar refractivity (Wildman–Crippen MR) is 99.2 cm³/mol. The number of carbonyl (C=O) groups excluding carboxylic acids is 2. The number of thiazole rings is 1. The van der Waals surface area contributed by atoms with Crippen molar-refractivity contribution in [2.75, 3.05) is 11.9 Å². The number of halogens is 2. The number of urea groups is 1. The fourth-order valence-electron chi connectivity index (χ4n) is 2.09. The Morgan fingerprint density at radius 2 is 2.15 bits per heavy atom. The average Bonchev–Trinajstić information content (AvgIpc) is 3.05. The molecule has 2 aromatic rings. The fraction of sp³-hybridized carbons (Fsp3) is 0.353. The van der Waals surface area contributed by atoms with Gasteiger partial charge in [0.2, 0.25) is 0 Å². The molecular formula is C17H19ClFN3O3S. The van der Waals surface area contributed by atoms with Crippen LogP contribution in [0.5, 0.6) is 0 Å². The molecule has 6 nitrogen and oxygen atoms in total. The molecule has 2 amide bonds. The summed E-state index contributed by atoms with van der Waals surface area (Å²) in [6.07, 6.45) is 0. The quantitative estimate of drug-likeness (QED) is 0.723. The Balaban J connectivity index is 2.09. The van der Waals surface area contributed by atoms with E-state index in [0.717, 1.165) is 0 Å². The normalized spacial score (nSPS) is 10.7. The number of nitrogens with zero attached hydrogens (tertiary/aromatic N) is 2. The number of benzene rings is 1. The first kappa shape index (κ1) is 20.1. The van der Waals surface area contributed by atoms with E-state index in [-0.39, 0.29) is 35.9 Å². The van der Waals surface area contributed by atoms with Crippen LogP contribution in [-0.2, 0) is 11.3 Å². The van der Waals surface area contributed by atoms with Gasteiger partial charge < -0.3 is 15.0 Å². The summed E-state index contributed by atoms with van der Waals surface area (Å²) in [5.74, 6) is -1.05. The molecule has 0 fully saturated rings. The van der Waals surface area contributed by atoms with Crippen molar-refractivity contribution in [1.29, 1.82) is 0 Å². The Morgan fingerprint density at radius 3 is 2.77 bits per heavy atom. The number of aromatic nitrogens is 1.